The Hall–Kier alpha value is -1.06. The van der Waals surface area contributed by atoms with Crippen LogP contribution in [0.4, 0.5) is 0 Å². The van der Waals surface area contributed by atoms with Crippen molar-refractivity contribution in [3.05, 3.63) is 0 Å². The standard InChI is InChI=1S/C15H24N2O2/c18-13-10-16-15(19)14(12-4-2-1-3-5-12)17(13)9-8-11-6-7-11/h11-12,14H,1-10H2,(H,16,19). The number of nitrogens with one attached hydrogen (secondary N) is 1. The number of carbonyl (C=O) groups excluding carboxylic acids is 2. The van der Waals surface area contributed by atoms with E-state index in [2.05, 4.69) is 5.32 Å². The van der Waals surface area contributed by atoms with Crippen LogP contribution in [0.25, 0.3) is 0 Å². The van der Waals surface area contributed by atoms with Gasteiger partial charge in [-0.2, -0.15) is 0 Å². The van der Waals surface area contributed by atoms with Gasteiger partial charge in [0.05, 0.1) is 6.54 Å². The van der Waals surface area contributed by atoms with E-state index in [0.29, 0.717) is 5.92 Å². The molecule has 1 aliphatic heterocycles. The Labute approximate surface area is 114 Å². The summed E-state index contributed by atoms with van der Waals surface area (Å²) in [6.45, 7) is 0.991. The molecule has 2 amide bonds. The molecule has 1 atom stereocenters. The second-order valence-electron chi connectivity index (χ2n) is 6.38. The predicted molar refractivity (Wildman–Crippen MR) is 72.4 cm³/mol. The van der Waals surface area contributed by atoms with Crippen LogP contribution in [-0.2, 0) is 9.59 Å². The third kappa shape index (κ3) is 2.93. The Morgan fingerprint density at radius 1 is 1.05 bits per heavy atom. The van der Waals surface area contributed by atoms with Gasteiger partial charge in [-0.15, -0.1) is 0 Å². The van der Waals surface area contributed by atoms with Crippen molar-refractivity contribution >= 4 is 11.8 Å². The Morgan fingerprint density at radius 2 is 1.79 bits per heavy atom. The van der Waals surface area contributed by atoms with Crippen molar-refractivity contribution in [2.24, 2.45) is 11.8 Å². The second-order valence-corrected chi connectivity index (χ2v) is 6.38. The van der Waals surface area contributed by atoms with Crippen LogP contribution < -0.4 is 5.32 Å². The van der Waals surface area contributed by atoms with Gasteiger partial charge < -0.3 is 10.2 Å². The highest BCUT2D eigenvalue weighted by Crippen LogP contribution is 2.34. The molecule has 1 saturated heterocycles. The topological polar surface area (TPSA) is 49.4 Å². The van der Waals surface area contributed by atoms with Gasteiger partial charge in [-0.05, 0) is 31.1 Å². The van der Waals surface area contributed by atoms with Gasteiger partial charge in [-0.3, -0.25) is 9.59 Å². The number of hydrogen-bond acceptors (Lipinski definition) is 2. The summed E-state index contributed by atoms with van der Waals surface area (Å²) in [4.78, 5) is 26.2. The molecule has 4 nitrogen and oxygen atoms in total. The molecule has 0 radical (unpaired) electrons. The third-order valence-corrected chi connectivity index (χ3v) is 4.91. The van der Waals surface area contributed by atoms with E-state index in [1.54, 1.807) is 0 Å². The molecule has 1 unspecified atom stereocenters. The van der Waals surface area contributed by atoms with Crippen molar-refractivity contribution in [2.45, 2.75) is 57.4 Å². The molecule has 0 aromatic rings. The minimum Gasteiger partial charge on any atom is -0.345 e. The van der Waals surface area contributed by atoms with Crippen LogP contribution in [0.5, 0.6) is 0 Å². The highest BCUT2D eigenvalue weighted by Gasteiger charge is 2.40. The van der Waals surface area contributed by atoms with Gasteiger partial charge in [0.1, 0.15) is 6.04 Å². The van der Waals surface area contributed by atoms with E-state index < -0.39 is 0 Å². The molecule has 4 heteroatoms. The summed E-state index contributed by atoms with van der Waals surface area (Å²) in [6.07, 6.45) is 9.60. The quantitative estimate of drug-likeness (QED) is 0.840. The van der Waals surface area contributed by atoms with Gasteiger partial charge >= 0.3 is 0 Å². The van der Waals surface area contributed by atoms with Crippen molar-refractivity contribution < 1.29 is 9.59 Å². The maximum absolute atomic E-state index is 12.2. The first-order valence-electron chi connectivity index (χ1n) is 7.83. The number of piperazine rings is 1. The molecule has 2 saturated carbocycles. The fourth-order valence-electron chi connectivity index (χ4n) is 3.58. The minimum absolute atomic E-state index is 0.0855. The molecule has 1 heterocycles. The van der Waals surface area contributed by atoms with Crippen LogP contribution >= 0.6 is 0 Å². The van der Waals surface area contributed by atoms with E-state index in [1.807, 2.05) is 4.90 Å². The molecule has 2 aliphatic carbocycles. The van der Waals surface area contributed by atoms with Crippen molar-refractivity contribution in [3.63, 3.8) is 0 Å². The first-order chi connectivity index (χ1) is 9.25. The second kappa shape index (κ2) is 5.51. The van der Waals surface area contributed by atoms with Crippen LogP contribution in [0.3, 0.4) is 0 Å². The van der Waals surface area contributed by atoms with E-state index in [-0.39, 0.29) is 24.4 Å². The first-order valence-corrected chi connectivity index (χ1v) is 7.83. The van der Waals surface area contributed by atoms with Gasteiger partial charge in [-0.1, -0.05) is 32.1 Å². The lowest BCUT2D eigenvalue weighted by Gasteiger charge is -2.40. The molecular weight excluding hydrogens is 240 g/mol. The number of amides is 2. The van der Waals surface area contributed by atoms with E-state index in [0.717, 1.165) is 31.7 Å². The average molecular weight is 264 g/mol. The fraction of sp³-hybridized carbons (Fsp3) is 0.867. The molecule has 0 spiro atoms. The molecule has 3 fully saturated rings. The summed E-state index contributed by atoms with van der Waals surface area (Å²) in [6, 6.07) is -0.180. The maximum atomic E-state index is 12.2. The van der Waals surface area contributed by atoms with Crippen molar-refractivity contribution in [3.8, 4) is 0 Å². The SMILES string of the molecule is O=C1NCC(=O)N(CCC2CC2)C1C1CCCCC1. The molecule has 0 aromatic heterocycles. The summed E-state index contributed by atoms with van der Waals surface area (Å²) in [5.41, 5.74) is 0. The predicted octanol–water partition coefficient (Wildman–Crippen LogP) is 1.69. The summed E-state index contributed by atoms with van der Waals surface area (Å²) in [5, 5.41) is 2.78. The zero-order chi connectivity index (χ0) is 13.2. The summed E-state index contributed by atoms with van der Waals surface area (Å²) in [5.74, 6) is 1.40. The van der Waals surface area contributed by atoms with Gasteiger partial charge in [0.25, 0.3) is 0 Å². The van der Waals surface area contributed by atoms with Crippen LogP contribution in [0, 0.1) is 11.8 Å². The Bertz CT molecular complexity index is 359. The minimum atomic E-state index is -0.180. The molecular formula is C15H24N2O2. The van der Waals surface area contributed by atoms with E-state index in [1.165, 1.54) is 32.1 Å². The fourth-order valence-corrected chi connectivity index (χ4v) is 3.58. The summed E-state index contributed by atoms with van der Waals surface area (Å²) < 4.78 is 0. The molecule has 19 heavy (non-hydrogen) atoms. The molecule has 0 bridgehead atoms. The molecule has 3 aliphatic rings. The zero-order valence-electron chi connectivity index (χ0n) is 11.6. The third-order valence-electron chi connectivity index (χ3n) is 4.91. The molecule has 3 rings (SSSR count). The van der Waals surface area contributed by atoms with Crippen molar-refractivity contribution in [2.75, 3.05) is 13.1 Å². The first kappa shape index (κ1) is 12.9. The normalized spacial score (nSPS) is 29.5. The van der Waals surface area contributed by atoms with Gasteiger partial charge in [0.15, 0.2) is 0 Å². The van der Waals surface area contributed by atoms with Gasteiger partial charge in [-0.25, -0.2) is 0 Å². The van der Waals surface area contributed by atoms with Crippen LogP contribution in [0.1, 0.15) is 51.4 Å². The number of hydrogen-bond donors (Lipinski definition) is 1. The van der Waals surface area contributed by atoms with Gasteiger partial charge in [0, 0.05) is 6.54 Å². The highest BCUT2D eigenvalue weighted by molar-refractivity contribution is 5.95. The Balaban J connectivity index is 1.69. The van der Waals surface area contributed by atoms with Crippen molar-refractivity contribution in [1.29, 1.82) is 0 Å². The number of rotatable bonds is 4. The maximum Gasteiger partial charge on any atom is 0.243 e. The lowest BCUT2D eigenvalue weighted by molar-refractivity contribution is -0.148. The average Bonchev–Trinajstić information content (AvgIpc) is 3.25. The number of nitrogens with zero attached hydrogens (tertiary/aromatic N) is 1. The molecule has 106 valence electrons. The van der Waals surface area contributed by atoms with Gasteiger partial charge in [0.2, 0.25) is 11.8 Å². The lowest BCUT2D eigenvalue weighted by Crippen LogP contribution is -2.61. The Morgan fingerprint density at radius 3 is 2.47 bits per heavy atom. The van der Waals surface area contributed by atoms with E-state index in [4.69, 9.17) is 0 Å². The van der Waals surface area contributed by atoms with Crippen LogP contribution in [0.15, 0.2) is 0 Å². The van der Waals surface area contributed by atoms with Crippen LogP contribution in [-0.4, -0.2) is 35.8 Å². The molecule has 0 aromatic carbocycles. The molecule has 1 N–H and O–H groups in total. The highest BCUT2D eigenvalue weighted by atomic mass is 16.2. The zero-order valence-corrected chi connectivity index (χ0v) is 11.6. The van der Waals surface area contributed by atoms with Crippen molar-refractivity contribution in [1.82, 2.24) is 10.2 Å². The smallest absolute Gasteiger partial charge is 0.243 e. The largest absolute Gasteiger partial charge is 0.345 e. The summed E-state index contributed by atoms with van der Waals surface area (Å²) >= 11 is 0. The lowest BCUT2D eigenvalue weighted by atomic mass is 9.82. The Kier molecular flexibility index (Phi) is 3.76. The number of carbonyl (C=O) groups is 2. The van der Waals surface area contributed by atoms with Crippen LogP contribution in [0.2, 0.25) is 0 Å². The van der Waals surface area contributed by atoms with E-state index in [9.17, 15) is 9.59 Å². The monoisotopic (exact) mass is 264 g/mol. The summed E-state index contributed by atoms with van der Waals surface area (Å²) in [7, 11) is 0. The van der Waals surface area contributed by atoms with E-state index >= 15 is 0 Å².